The monoisotopic (exact) mass is 383 g/mol. The second-order valence-electron chi connectivity index (χ2n) is 7.04. The number of aryl methyl sites for hydroxylation is 1. The molecule has 1 fully saturated rings. The third kappa shape index (κ3) is 4.75. The number of ether oxygens (including phenoxy) is 2. The number of nitrogens with zero attached hydrogens (tertiary/aromatic N) is 1. The fourth-order valence-corrected chi connectivity index (χ4v) is 3.71. The van der Waals surface area contributed by atoms with Gasteiger partial charge in [0.05, 0.1) is 25.9 Å². The van der Waals surface area contributed by atoms with Crippen LogP contribution in [0.4, 0.5) is 10.5 Å². The van der Waals surface area contributed by atoms with Crippen LogP contribution in [0.1, 0.15) is 30.0 Å². The predicted molar refractivity (Wildman–Crippen MR) is 111 cm³/mol. The van der Waals surface area contributed by atoms with Crippen LogP contribution in [0.3, 0.4) is 0 Å². The number of methoxy groups -OCH3 is 2. The molecule has 0 aromatic heterocycles. The lowest BCUT2D eigenvalue weighted by molar-refractivity contribution is 0.224. The highest BCUT2D eigenvalue weighted by Gasteiger charge is 2.26. The van der Waals surface area contributed by atoms with Gasteiger partial charge in [0.2, 0.25) is 0 Å². The van der Waals surface area contributed by atoms with E-state index >= 15 is 0 Å². The fraction of sp³-hybridized carbons (Fsp3) is 0.409. The highest BCUT2D eigenvalue weighted by atomic mass is 16.5. The quantitative estimate of drug-likeness (QED) is 0.759. The van der Waals surface area contributed by atoms with Gasteiger partial charge in [-0.3, -0.25) is 4.90 Å². The molecule has 1 atom stereocenters. The van der Waals surface area contributed by atoms with Gasteiger partial charge in [-0.15, -0.1) is 0 Å². The van der Waals surface area contributed by atoms with Crippen LogP contribution in [0.15, 0.2) is 42.5 Å². The van der Waals surface area contributed by atoms with Crippen LogP contribution in [0.2, 0.25) is 0 Å². The minimum absolute atomic E-state index is 0.0730. The molecule has 1 heterocycles. The summed E-state index contributed by atoms with van der Waals surface area (Å²) in [6.07, 6.45) is 2.36. The molecule has 0 bridgehead atoms. The molecule has 6 heteroatoms. The number of hydrogen-bond acceptors (Lipinski definition) is 4. The summed E-state index contributed by atoms with van der Waals surface area (Å²) in [6, 6.07) is 13.6. The van der Waals surface area contributed by atoms with Crippen LogP contribution in [0, 0.1) is 6.92 Å². The van der Waals surface area contributed by atoms with Crippen molar-refractivity contribution in [3.8, 4) is 11.5 Å². The van der Waals surface area contributed by atoms with E-state index in [0.717, 1.165) is 30.0 Å². The predicted octanol–water partition coefficient (Wildman–Crippen LogP) is 3.97. The number of amides is 2. The van der Waals surface area contributed by atoms with Crippen LogP contribution in [0.5, 0.6) is 11.5 Å². The molecule has 3 rings (SSSR count). The summed E-state index contributed by atoms with van der Waals surface area (Å²) in [6.45, 7) is 4.53. The van der Waals surface area contributed by atoms with E-state index in [1.165, 1.54) is 12.8 Å². The Morgan fingerprint density at radius 1 is 1.07 bits per heavy atom. The average molecular weight is 383 g/mol. The Kier molecular flexibility index (Phi) is 6.76. The summed E-state index contributed by atoms with van der Waals surface area (Å²) in [5, 5.41) is 5.93. The smallest absolute Gasteiger partial charge is 0.319 e. The van der Waals surface area contributed by atoms with E-state index in [1.807, 2.05) is 43.3 Å². The first-order valence-electron chi connectivity index (χ1n) is 9.69. The van der Waals surface area contributed by atoms with Crippen molar-refractivity contribution in [1.29, 1.82) is 0 Å². The molecule has 1 unspecified atom stereocenters. The first-order chi connectivity index (χ1) is 13.6. The summed E-state index contributed by atoms with van der Waals surface area (Å²) in [5.41, 5.74) is 2.82. The van der Waals surface area contributed by atoms with Crippen molar-refractivity contribution in [2.45, 2.75) is 25.8 Å². The van der Waals surface area contributed by atoms with Crippen molar-refractivity contribution in [3.63, 3.8) is 0 Å². The summed E-state index contributed by atoms with van der Waals surface area (Å²) >= 11 is 0. The van der Waals surface area contributed by atoms with Crippen LogP contribution >= 0.6 is 0 Å². The molecule has 0 aliphatic carbocycles. The topological polar surface area (TPSA) is 62.8 Å². The zero-order valence-corrected chi connectivity index (χ0v) is 16.8. The van der Waals surface area contributed by atoms with E-state index < -0.39 is 0 Å². The molecule has 0 spiro atoms. The first kappa shape index (κ1) is 20.0. The summed E-state index contributed by atoms with van der Waals surface area (Å²) in [4.78, 5) is 15.0. The minimum atomic E-state index is -0.247. The van der Waals surface area contributed by atoms with Gasteiger partial charge in [-0.2, -0.15) is 0 Å². The Morgan fingerprint density at radius 3 is 2.50 bits per heavy atom. The third-order valence-electron chi connectivity index (χ3n) is 5.14. The highest BCUT2D eigenvalue weighted by molar-refractivity contribution is 5.91. The number of urea groups is 1. The number of hydrogen-bond donors (Lipinski definition) is 2. The van der Waals surface area contributed by atoms with Gasteiger partial charge in [-0.05, 0) is 56.6 Å². The molecule has 6 nitrogen and oxygen atoms in total. The number of carbonyl (C=O) groups excluding carboxylic acids is 1. The molecule has 2 N–H and O–H groups in total. The number of carbonyl (C=O) groups is 1. The van der Waals surface area contributed by atoms with Crippen LogP contribution in [-0.4, -0.2) is 44.8 Å². The van der Waals surface area contributed by atoms with Crippen LogP contribution in [-0.2, 0) is 0 Å². The van der Waals surface area contributed by atoms with Gasteiger partial charge >= 0.3 is 6.03 Å². The number of anilines is 1. The maximum atomic E-state index is 12.6. The third-order valence-corrected chi connectivity index (χ3v) is 5.14. The molecular weight excluding hydrogens is 354 g/mol. The summed E-state index contributed by atoms with van der Waals surface area (Å²) in [7, 11) is 3.28. The standard InChI is InChI=1S/C22H29N3O3/c1-16-10-11-21(28-3)18(14-16)24-22(26)23-15-19(25-12-6-7-13-25)17-8-4-5-9-20(17)27-2/h4-5,8-11,14,19H,6-7,12-13,15H2,1-3H3,(H2,23,24,26). The van der Waals surface area contributed by atoms with Crippen molar-refractivity contribution in [3.05, 3.63) is 53.6 Å². The van der Waals surface area contributed by atoms with Gasteiger partial charge in [0.15, 0.2) is 0 Å². The maximum absolute atomic E-state index is 12.6. The Labute approximate surface area is 166 Å². The number of nitrogens with one attached hydrogen (secondary N) is 2. The number of rotatable bonds is 7. The van der Waals surface area contributed by atoms with Gasteiger partial charge in [-0.25, -0.2) is 4.79 Å². The molecule has 1 saturated heterocycles. The molecule has 0 radical (unpaired) electrons. The second kappa shape index (κ2) is 9.46. The van der Waals surface area contributed by atoms with Gasteiger partial charge in [-0.1, -0.05) is 24.3 Å². The van der Waals surface area contributed by atoms with Crippen molar-refractivity contribution < 1.29 is 14.3 Å². The van der Waals surface area contributed by atoms with Gasteiger partial charge < -0.3 is 20.1 Å². The van der Waals surface area contributed by atoms with Crippen LogP contribution < -0.4 is 20.1 Å². The Hall–Kier alpha value is -2.73. The van der Waals surface area contributed by atoms with E-state index in [0.29, 0.717) is 18.0 Å². The van der Waals surface area contributed by atoms with E-state index in [9.17, 15) is 4.79 Å². The molecule has 2 aromatic carbocycles. The van der Waals surface area contributed by atoms with E-state index in [1.54, 1.807) is 14.2 Å². The normalized spacial score (nSPS) is 15.1. The summed E-state index contributed by atoms with van der Waals surface area (Å²) in [5.74, 6) is 1.49. The van der Waals surface area contributed by atoms with E-state index in [4.69, 9.17) is 9.47 Å². The molecule has 2 amide bonds. The SMILES string of the molecule is COc1ccc(C)cc1NC(=O)NCC(c1ccccc1OC)N1CCCC1. The van der Waals surface area contributed by atoms with Crippen molar-refractivity contribution in [2.75, 3.05) is 39.2 Å². The van der Waals surface area contributed by atoms with Crippen LogP contribution in [0.25, 0.3) is 0 Å². The van der Waals surface area contributed by atoms with Crippen molar-refractivity contribution in [1.82, 2.24) is 10.2 Å². The second-order valence-corrected chi connectivity index (χ2v) is 7.04. The number of likely N-dealkylation sites (tertiary alicyclic amines) is 1. The zero-order valence-electron chi connectivity index (χ0n) is 16.8. The Balaban J connectivity index is 1.71. The Morgan fingerprint density at radius 2 is 1.79 bits per heavy atom. The summed E-state index contributed by atoms with van der Waals surface area (Å²) < 4.78 is 10.9. The number of benzene rings is 2. The molecule has 2 aromatic rings. The largest absolute Gasteiger partial charge is 0.496 e. The van der Waals surface area contributed by atoms with Gasteiger partial charge in [0.25, 0.3) is 0 Å². The molecule has 1 aliphatic heterocycles. The van der Waals surface area contributed by atoms with Gasteiger partial charge in [0.1, 0.15) is 11.5 Å². The lowest BCUT2D eigenvalue weighted by Crippen LogP contribution is -2.38. The first-order valence-corrected chi connectivity index (χ1v) is 9.69. The maximum Gasteiger partial charge on any atom is 0.319 e. The average Bonchev–Trinajstić information content (AvgIpc) is 3.23. The molecular formula is C22H29N3O3. The number of para-hydroxylation sites is 1. The molecule has 1 aliphatic rings. The lowest BCUT2D eigenvalue weighted by Gasteiger charge is -2.29. The van der Waals surface area contributed by atoms with Crippen molar-refractivity contribution in [2.24, 2.45) is 0 Å². The zero-order chi connectivity index (χ0) is 19.9. The van der Waals surface area contributed by atoms with E-state index in [-0.39, 0.29) is 12.1 Å². The molecule has 150 valence electrons. The molecule has 28 heavy (non-hydrogen) atoms. The minimum Gasteiger partial charge on any atom is -0.496 e. The highest BCUT2D eigenvalue weighted by Crippen LogP contribution is 2.31. The molecule has 0 saturated carbocycles. The lowest BCUT2D eigenvalue weighted by atomic mass is 10.0. The van der Waals surface area contributed by atoms with E-state index in [2.05, 4.69) is 21.6 Å². The van der Waals surface area contributed by atoms with Gasteiger partial charge in [0, 0.05) is 12.1 Å². The Bertz CT molecular complexity index is 803. The van der Waals surface area contributed by atoms with Crippen molar-refractivity contribution >= 4 is 11.7 Å². The fourth-order valence-electron chi connectivity index (χ4n) is 3.71.